The van der Waals surface area contributed by atoms with Crippen molar-refractivity contribution in [3.8, 4) is 0 Å². The summed E-state index contributed by atoms with van der Waals surface area (Å²) in [6.45, 7) is 10.6. The van der Waals surface area contributed by atoms with Crippen molar-refractivity contribution in [2.45, 2.75) is 89.2 Å². The highest BCUT2D eigenvalue weighted by atomic mass is 28.4. The quantitative estimate of drug-likeness (QED) is 0.469. The Morgan fingerprint density at radius 1 is 1.07 bits per heavy atom. The summed E-state index contributed by atoms with van der Waals surface area (Å²) in [7, 11) is -2.18. The van der Waals surface area contributed by atoms with Crippen LogP contribution in [-0.2, 0) is 9.22 Å². The molecule has 1 aromatic rings. The molecule has 2 aliphatic heterocycles. The Labute approximate surface area is 166 Å². The lowest BCUT2D eigenvalue weighted by Gasteiger charge is -2.51. The number of hydrogen-bond donors (Lipinski definition) is 0. The average Bonchev–Trinajstić information content (AvgIpc) is 2.58. The molecule has 0 bridgehead atoms. The maximum absolute atomic E-state index is 14.0. The minimum absolute atomic E-state index is 0.0186. The Kier molecular flexibility index (Phi) is 5.71. The summed E-state index contributed by atoms with van der Waals surface area (Å²) in [5, 5.41) is -0.0421. The Balaban J connectivity index is 2.04. The highest BCUT2D eigenvalue weighted by Gasteiger charge is 2.47. The summed E-state index contributed by atoms with van der Waals surface area (Å²) in [6.07, 6.45) is 3.29. The van der Waals surface area contributed by atoms with Crippen molar-refractivity contribution in [3.05, 3.63) is 35.1 Å². The first kappa shape index (κ1) is 21.4. The first-order chi connectivity index (χ1) is 12.9. The summed E-state index contributed by atoms with van der Waals surface area (Å²) in [5.74, 6) is -3.96. The van der Waals surface area contributed by atoms with Crippen LogP contribution >= 0.6 is 0 Å². The van der Waals surface area contributed by atoms with Gasteiger partial charge in [-0.3, -0.25) is 4.79 Å². The number of halogens is 3. The number of amides is 1. The number of nitrogens with zero attached hydrogens (tertiary/aromatic N) is 1. The zero-order valence-electron chi connectivity index (χ0n) is 17.3. The van der Waals surface area contributed by atoms with Crippen molar-refractivity contribution in [1.82, 2.24) is 4.90 Å². The van der Waals surface area contributed by atoms with E-state index >= 15 is 0 Å². The van der Waals surface area contributed by atoms with E-state index in [2.05, 4.69) is 33.9 Å². The fraction of sp³-hybridized carbons (Fsp3) is 0.667. The molecule has 0 saturated carbocycles. The number of rotatable bonds is 3. The lowest BCUT2D eigenvalue weighted by atomic mass is 9.84. The van der Waals surface area contributed by atoms with Crippen LogP contribution in [0.1, 0.15) is 64.5 Å². The minimum atomic E-state index is -2.18. The molecular weight excluding hydrogens is 383 g/mol. The second-order valence-electron chi connectivity index (χ2n) is 9.58. The van der Waals surface area contributed by atoms with E-state index in [1.807, 2.05) is 0 Å². The molecule has 0 N–H and O–H groups in total. The second kappa shape index (κ2) is 7.48. The van der Waals surface area contributed by atoms with Gasteiger partial charge in [0.1, 0.15) is 0 Å². The standard InChI is InChI=1S/C21H30F3NO2Si/c1-21(2,3)28(4,5)27-17-10-9-14-7-6-8-18(26)25(14)20(17)13-11-15(22)19(24)16(23)12-13/h11-12,14,17,20H,6-10H2,1-5H3/t14-,17+,20-/m1/s1. The summed E-state index contributed by atoms with van der Waals surface area (Å²) < 4.78 is 48.2. The molecule has 28 heavy (non-hydrogen) atoms. The first-order valence-corrected chi connectivity index (χ1v) is 13.0. The van der Waals surface area contributed by atoms with Gasteiger partial charge < -0.3 is 9.33 Å². The fourth-order valence-corrected chi connectivity index (χ4v) is 5.48. The van der Waals surface area contributed by atoms with Gasteiger partial charge in [-0.1, -0.05) is 20.8 Å². The smallest absolute Gasteiger partial charge is 0.223 e. The third-order valence-electron chi connectivity index (χ3n) is 6.65. The summed E-state index contributed by atoms with van der Waals surface area (Å²) in [4.78, 5) is 14.5. The van der Waals surface area contributed by atoms with Gasteiger partial charge in [0.2, 0.25) is 5.91 Å². The van der Waals surface area contributed by atoms with Crippen LogP contribution in [0, 0.1) is 17.5 Å². The van der Waals surface area contributed by atoms with Gasteiger partial charge in [-0.2, -0.15) is 0 Å². The maximum atomic E-state index is 14.0. The zero-order chi connectivity index (χ0) is 20.9. The van der Waals surface area contributed by atoms with Crippen LogP contribution < -0.4 is 0 Å². The maximum Gasteiger partial charge on any atom is 0.223 e. The molecule has 0 unspecified atom stereocenters. The molecule has 0 radical (unpaired) electrons. The van der Waals surface area contributed by atoms with Crippen LogP contribution in [-0.4, -0.2) is 31.3 Å². The highest BCUT2D eigenvalue weighted by Crippen LogP contribution is 2.45. The Bertz CT molecular complexity index is 740. The molecule has 7 heteroatoms. The number of fused-ring (bicyclic) bond motifs is 1. The lowest BCUT2D eigenvalue weighted by molar-refractivity contribution is -0.147. The molecule has 2 fully saturated rings. The van der Waals surface area contributed by atoms with Gasteiger partial charge in [0.25, 0.3) is 0 Å². The molecule has 0 aromatic heterocycles. The van der Waals surface area contributed by atoms with Crippen LogP contribution in [0.3, 0.4) is 0 Å². The van der Waals surface area contributed by atoms with Gasteiger partial charge in [-0.15, -0.1) is 0 Å². The Hall–Kier alpha value is -1.34. The molecule has 2 heterocycles. The molecule has 1 amide bonds. The molecule has 0 spiro atoms. The van der Waals surface area contributed by atoms with Gasteiger partial charge in [0.15, 0.2) is 25.8 Å². The van der Waals surface area contributed by atoms with Crippen molar-refractivity contribution >= 4 is 14.2 Å². The third-order valence-corrected chi connectivity index (χ3v) is 11.1. The zero-order valence-corrected chi connectivity index (χ0v) is 18.3. The second-order valence-corrected chi connectivity index (χ2v) is 14.3. The van der Waals surface area contributed by atoms with Gasteiger partial charge in [-0.05, 0) is 61.5 Å². The normalized spacial score (nSPS) is 26.4. The van der Waals surface area contributed by atoms with E-state index in [-0.39, 0.29) is 28.7 Å². The molecular formula is C21H30F3NO2Si. The summed E-state index contributed by atoms with van der Waals surface area (Å²) >= 11 is 0. The number of hydrogen-bond acceptors (Lipinski definition) is 2. The van der Waals surface area contributed by atoms with E-state index in [1.54, 1.807) is 4.90 Å². The van der Waals surface area contributed by atoms with Gasteiger partial charge in [0.05, 0.1) is 12.1 Å². The first-order valence-electron chi connectivity index (χ1n) is 10.1. The predicted molar refractivity (Wildman–Crippen MR) is 105 cm³/mol. The van der Waals surface area contributed by atoms with Crippen molar-refractivity contribution in [2.75, 3.05) is 0 Å². The largest absolute Gasteiger partial charge is 0.411 e. The van der Waals surface area contributed by atoms with Crippen LogP contribution in [0.2, 0.25) is 18.1 Å². The van der Waals surface area contributed by atoms with E-state index in [4.69, 9.17) is 4.43 Å². The topological polar surface area (TPSA) is 29.5 Å². The molecule has 3 rings (SSSR count). The van der Waals surface area contributed by atoms with Crippen LogP contribution in [0.15, 0.2) is 12.1 Å². The summed E-state index contributed by atoms with van der Waals surface area (Å²) in [6, 6.07) is 1.50. The van der Waals surface area contributed by atoms with Crippen molar-refractivity contribution in [1.29, 1.82) is 0 Å². The van der Waals surface area contributed by atoms with Gasteiger partial charge in [0, 0.05) is 12.5 Å². The molecule has 2 saturated heterocycles. The number of carbonyl (C=O) groups excluding carboxylic acids is 1. The molecule has 1 aromatic carbocycles. The number of piperidine rings is 2. The third kappa shape index (κ3) is 3.88. The van der Waals surface area contributed by atoms with Crippen molar-refractivity contribution in [2.24, 2.45) is 0 Å². The van der Waals surface area contributed by atoms with Gasteiger partial charge in [-0.25, -0.2) is 13.2 Å². The average molecular weight is 414 g/mol. The molecule has 3 nitrogen and oxygen atoms in total. The SMILES string of the molecule is CC(C)(C)[Si](C)(C)O[C@H]1CC[C@H]2CCCC(=O)N2[C@@H]1c1cc(F)c(F)c(F)c1. The Morgan fingerprint density at radius 2 is 1.68 bits per heavy atom. The van der Waals surface area contributed by atoms with E-state index in [0.717, 1.165) is 31.4 Å². The summed E-state index contributed by atoms with van der Waals surface area (Å²) in [5.41, 5.74) is 0.278. The highest BCUT2D eigenvalue weighted by molar-refractivity contribution is 6.74. The molecule has 2 aliphatic rings. The van der Waals surface area contributed by atoms with E-state index < -0.39 is 31.8 Å². The van der Waals surface area contributed by atoms with Crippen molar-refractivity contribution < 1.29 is 22.4 Å². The van der Waals surface area contributed by atoms with E-state index in [0.29, 0.717) is 12.8 Å². The van der Waals surface area contributed by atoms with E-state index in [1.165, 1.54) is 0 Å². The Morgan fingerprint density at radius 3 is 2.25 bits per heavy atom. The molecule has 3 atom stereocenters. The monoisotopic (exact) mass is 413 g/mol. The number of benzene rings is 1. The molecule has 156 valence electrons. The predicted octanol–water partition coefficient (Wildman–Crippen LogP) is 5.71. The number of carbonyl (C=O) groups is 1. The molecule has 0 aliphatic carbocycles. The fourth-order valence-electron chi connectivity index (χ4n) is 4.12. The van der Waals surface area contributed by atoms with Crippen LogP contribution in [0.4, 0.5) is 13.2 Å². The van der Waals surface area contributed by atoms with E-state index in [9.17, 15) is 18.0 Å². The lowest BCUT2D eigenvalue weighted by Crippen LogP contribution is -2.56. The minimum Gasteiger partial charge on any atom is -0.411 e. The van der Waals surface area contributed by atoms with Gasteiger partial charge >= 0.3 is 0 Å². The van der Waals surface area contributed by atoms with Crippen molar-refractivity contribution in [3.63, 3.8) is 0 Å². The van der Waals surface area contributed by atoms with Crippen LogP contribution in [0.25, 0.3) is 0 Å². The van der Waals surface area contributed by atoms with Crippen LogP contribution in [0.5, 0.6) is 0 Å².